The second-order valence-corrected chi connectivity index (χ2v) is 3.38. The van der Waals surface area contributed by atoms with Gasteiger partial charge in [-0.2, -0.15) is 0 Å². The van der Waals surface area contributed by atoms with E-state index in [4.69, 9.17) is 11.6 Å². The standard InChI is InChI=1S/C9H10ClN3O3/c1-11-9(14)5-12-7-4-6(10)2-3-8(7)13(15)16/h2-4,12H,5H2,1H3,(H,11,14). The summed E-state index contributed by atoms with van der Waals surface area (Å²) >= 11 is 5.71. The Balaban J connectivity index is 2.88. The van der Waals surface area contributed by atoms with E-state index in [2.05, 4.69) is 10.6 Å². The van der Waals surface area contributed by atoms with Crippen molar-refractivity contribution in [1.82, 2.24) is 5.32 Å². The van der Waals surface area contributed by atoms with Gasteiger partial charge in [0.25, 0.3) is 5.69 Å². The average Bonchev–Trinajstić information content (AvgIpc) is 2.25. The summed E-state index contributed by atoms with van der Waals surface area (Å²) in [6, 6.07) is 4.11. The maximum atomic E-state index is 11.0. The number of anilines is 1. The predicted molar refractivity (Wildman–Crippen MR) is 60.7 cm³/mol. The van der Waals surface area contributed by atoms with Gasteiger partial charge in [-0.1, -0.05) is 11.6 Å². The fourth-order valence-electron chi connectivity index (χ4n) is 1.07. The zero-order valence-corrected chi connectivity index (χ0v) is 9.25. The number of amides is 1. The number of hydrogen-bond acceptors (Lipinski definition) is 4. The zero-order chi connectivity index (χ0) is 12.1. The Labute approximate surface area is 96.7 Å². The third-order valence-electron chi connectivity index (χ3n) is 1.87. The predicted octanol–water partition coefficient (Wildman–Crippen LogP) is 1.41. The van der Waals surface area contributed by atoms with Gasteiger partial charge in [0, 0.05) is 18.1 Å². The molecule has 0 aliphatic heterocycles. The molecule has 0 fully saturated rings. The van der Waals surface area contributed by atoms with Gasteiger partial charge in [-0.15, -0.1) is 0 Å². The lowest BCUT2D eigenvalue weighted by Gasteiger charge is -2.06. The lowest BCUT2D eigenvalue weighted by molar-refractivity contribution is -0.383. The Morgan fingerprint density at radius 3 is 2.81 bits per heavy atom. The molecule has 1 rings (SSSR count). The van der Waals surface area contributed by atoms with Crippen LogP contribution in [0.25, 0.3) is 0 Å². The van der Waals surface area contributed by atoms with Crippen LogP contribution in [0.3, 0.4) is 0 Å². The number of nitro benzene ring substituents is 1. The molecule has 0 saturated heterocycles. The fourth-order valence-corrected chi connectivity index (χ4v) is 1.25. The molecule has 6 nitrogen and oxygen atoms in total. The maximum absolute atomic E-state index is 11.0. The van der Waals surface area contributed by atoms with E-state index in [1.54, 1.807) is 0 Å². The van der Waals surface area contributed by atoms with Crippen molar-refractivity contribution in [3.05, 3.63) is 33.3 Å². The summed E-state index contributed by atoms with van der Waals surface area (Å²) < 4.78 is 0. The minimum Gasteiger partial charge on any atom is -0.371 e. The normalized spacial score (nSPS) is 9.62. The van der Waals surface area contributed by atoms with Gasteiger partial charge in [0.15, 0.2) is 0 Å². The molecule has 0 aliphatic carbocycles. The topological polar surface area (TPSA) is 84.3 Å². The van der Waals surface area contributed by atoms with Gasteiger partial charge >= 0.3 is 0 Å². The molecule has 0 spiro atoms. The van der Waals surface area contributed by atoms with E-state index in [1.165, 1.54) is 25.2 Å². The van der Waals surface area contributed by atoms with Gasteiger partial charge in [0.1, 0.15) is 5.69 Å². The Kier molecular flexibility index (Phi) is 4.07. The van der Waals surface area contributed by atoms with Crippen LogP contribution in [0.5, 0.6) is 0 Å². The Bertz CT molecular complexity index is 422. The molecule has 0 radical (unpaired) electrons. The van der Waals surface area contributed by atoms with E-state index in [9.17, 15) is 14.9 Å². The van der Waals surface area contributed by atoms with Crippen LogP contribution < -0.4 is 10.6 Å². The van der Waals surface area contributed by atoms with Crippen LogP contribution in [0, 0.1) is 10.1 Å². The van der Waals surface area contributed by atoms with E-state index in [-0.39, 0.29) is 23.8 Å². The van der Waals surface area contributed by atoms with Crippen LogP contribution in [0.15, 0.2) is 18.2 Å². The number of carbonyl (C=O) groups excluding carboxylic acids is 1. The van der Waals surface area contributed by atoms with E-state index < -0.39 is 4.92 Å². The molecule has 1 amide bonds. The number of nitrogens with zero attached hydrogens (tertiary/aromatic N) is 1. The third kappa shape index (κ3) is 3.09. The number of nitrogens with one attached hydrogen (secondary N) is 2. The molecule has 0 saturated carbocycles. The first-order chi connectivity index (χ1) is 7.54. The largest absolute Gasteiger partial charge is 0.371 e. The van der Waals surface area contributed by atoms with Gasteiger partial charge in [-0.25, -0.2) is 0 Å². The number of benzene rings is 1. The number of nitro groups is 1. The highest BCUT2D eigenvalue weighted by atomic mass is 35.5. The first-order valence-electron chi connectivity index (χ1n) is 4.43. The van der Waals surface area contributed by atoms with Gasteiger partial charge < -0.3 is 10.6 Å². The Hall–Kier alpha value is -1.82. The summed E-state index contributed by atoms with van der Waals surface area (Å²) in [5.74, 6) is -0.269. The van der Waals surface area contributed by atoms with Gasteiger partial charge in [-0.3, -0.25) is 14.9 Å². The molecule has 0 aliphatic rings. The molecular weight excluding hydrogens is 234 g/mol. The van der Waals surface area contributed by atoms with Crippen molar-refractivity contribution in [2.75, 3.05) is 18.9 Å². The maximum Gasteiger partial charge on any atom is 0.292 e. The molecule has 0 unspecified atom stereocenters. The summed E-state index contributed by atoms with van der Waals surface area (Å²) in [7, 11) is 1.48. The van der Waals surface area contributed by atoms with Crippen LogP contribution >= 0.6 is 11.6 Å². The smallest absolute Gasteiger partial charge is 0.292 e. The van der Waals surface area contributed by atoms with E-state index in [0.29, 0.717) is 5.02 Å². The van der Waals surface area contributed by atoms with Crippen molar-refractivity contribution in [2.45, 2.75) is 0 Å². The molecule has 1 aromatic rings. The Morgan fingerprint density at radius 2 is 2.25 bits per heavy atom. The van der Waals surface area contributed by atoms with Gasteiger partial charge in [0.2, 0.25) is 5.91 Å². The number of hydrogen-bond donors (Lipinski definition) is 2. The van der Waals surface area contributed by atoms with Crippen molar-refractivity contribution in [1.29, 1.82) is 0 Å². The second-order valence-electron chi connectivity index (χ2n) is 2.95. The number of rotatable bonds is 4. The molecule has 7 heteroatoms. The van der Waals surface area contributed by atoms with Crippen LogP contribution in [0.1, 0.15) is 0 Å². The Morgan fingerprint density at radius 1 is 1.56 bits per heavy atom. The number of halogens is 1. The lowest BCUT2D eigenvalue weighted by Crippen LogP contribution is -2.26. The van der Waals surface area contributed by atoms with E-state index >= 15 is 0 Å². The molecule has 0 atom stereocenters. The van der Waals surface area contributed by atoms with Crippen LogP contribution in [0.2, 0.25) is 5.02 Å². The summed E-state index contributed by atoms with van der Waals surface area (Å²) in [6.45, 7) is -0.0440. The average molecular weight is 244 g/mol. The molecule has 2 N–H and O–H groups in total. The highest BCUT2D eigenvalue weighted by molar-refractivity contribution is 6.31. The first-order valence-corrected chi connectivity index (χ1v) is 4.80. The van der Waals surface area contributed by atoms with Crippen LogP contribution in [-0.2, 0) is 4.79 Å². The zero-order valence-electron chi connectivity index (χ0n) is 8.49. The van der Waals surface area contributed by atoms with Crippen molar-refractivity contribution in [2.24, 2.45) is 0 Å². The molecule has 16 heavy (non-hydrogen) atoms. The molecule has 0 heterocycles. The lowest BCUT2D eigenvalue weighted by atomic mass is 10.2. The summed E-state index contributed by atoms with van der Waals surface area (Å²) in [6.07, 6.45) is 0. The fraction of sp³-hybridized carbons (Fsp3) is 0.222. The summed E-state index contributed by atoms with van der Waals surface area (Å²) in [4.78, 5) is 21.1. The second kappa shape index (κ2) is 5.32. The van der Waals surface area contributed by atoms with Crippen molar-refractivity contribution >= 4 is 28.9 Å². The van der Waals surface area contributed by atoms with E-state index in [1.807, 2.05) is 0 Å². The van der Waals surface area contributed by atoms with E-state index in [0.717, 1.165) is 0 Å². The molecular formula is C9H10ClN3O3. The van der Waals surface area contributed by atoms with Crippen molar-refractivity contribution < 1.29 is 9.72 Å². The molecule has 86 valence electrons. The third-order valence-corrected chi connectivity index (χ3v) is 2.11. The summed E-state index contributed by atoms with van der Waals surface area (Å²) in [5.41, 5.74) is 0.106. The van der Waals surface area contributed by atoms with Crippen molar-refractivity contribution in [3.8, 4) is 0 Å². The molecule has 1 aromatic carbocycles. The first kappa shape index (κ1) is 12.3. The molecule has 0 bridgehead atoms. The molecule has 0 aromatic heterocycles. The number of likely N-dealkylation sites (N-methyl/N-ethyl adjacent to an activating group) is 1. The highest BCUT2D eigenvalue weighted by Crippen LogP contribution is 2.27. The highest BCUT2D eigenvalue weighted by Gasteiger charge is 2.14. The monoisotopic (exact) mass is 243 g/mol. The minimum atomic E-state index is -0.539. The quantitative estimate of drug-likeness (QED) is 0.619. The summed E-state index contributed by atoms with van der Waals surface area (Å²) in [5, 5.41) is 16.1. The number of carbonyl (C=O) groups is 1. The van der Waals surface area contributed by atoms with Crippen LogP contribution in [0.4, 0.5) is 11.4 Å². The van der Waals surface area contributed by atoms with Crippen LogP contribution in [-0.4, -0.2) is 24.4 Å². The van der Waals surface area contributed by atoms with Crippen molar-refractivity contribution in [3.63, 3.8) is 0 Å². The SMILES string of the molecule is CNC(=O)CNc1cc(Cl)ccc1[N+](=O)[O-]. The van der Waals surface area contributed by atoms with Gasteiger partial charge in [-0.05, 0) is 12.1 Å². The van der Waals surface area contributed by atoms with Gasteiger partial charge in [0.05, 0.1) is 11.5 Å². The minimum absolute atomic E-state index is 0.0440.